The highest BCUT2D eigenvalue weighted by molar-refractivity contribution is 5.76. The van der Waals surface area contributed by atoms with Gasteiger partial charge in [-0.25, -0.2) is 4.39 Å². The molecule has 1 heterocycles. The molecule has 134 valence electrons. The first-order chi connectivity index (χ1) is 12.7. The van der Waals surface area contributed by atoms with Crippen LogP contribution in [-0.4, -0.2) is 13.0 Å². The maximum absolute atomic E-state index is 13.8. The number of benzene rings is 2. The number of hydrogen-bond acceptors (Lipinski definition) is 3. The zero-order valence-corrected chi connectivity index (χ0v) is 14.5. The summed E-state index contributed by atoms with van der Waals surface area (Å²) in [5.41, 5.74) is 1.39. The number of rotatable bonds is 7. The van der Waals surface area contributed by atoms with Gasteiger partial charge in [-0.2, -0.15) is 0 Å². The van der Waals surface area contributed by atoms with Crippen LogP contribution in [0.25, 0.3) is 11.3 Å². The summed E-state index contributed by atoms with van der Waals surface area (Å²) in [5.74, 6) is 1.48. The Kier molecular flexibility index (Phi) is 5.69. The van der Waals surface area contributed by atoms with Gasteiger partial charge in [0.15, 0.2) is 0 Å². The molecular formula is C21H20FNO3. The van der Waals surface area contributed by atoms with E-state index in [0.29, 0.717) is 36.5 Å². The van der Waals surface area contributed by atoms with E-state index >= 15 is 0 Å². The quantitative estimate of drug-likeness (QED) is 0.687. The summed E-state index contributed by atoms with van der Waals surface area (Å²) in [6.07, 6.45) is 0.757. The summed E-state index contributed by atoms with van der Waals surface area (Å²) in [7, 11) is 1.61. The molecule has 5 heteroatoms. The average molecular weight is 353 g/mol. The van der Waals surface area contributed by atoms with Crippen LogP contribution in [0.4, 0.5) is 4.39 Å². The van der Waals surface area contributed by atoms with E-state index in [0.717, 1.165) is 11.3 Å². The standard InChI is InChI=1S/C21H20FNO3/c1-25-17-6-4-5-15(13-17)14-23-21(24)12-10-16-9-11-20(26-16)18-7-2-3-8-19(18)22/h2-9,11,13H,10,12,14H2,1H3,(H,23,24). The molecule has 0 spiro atoms. The normalized spacial score (nSPS) is 10.5. The second kappa shape index (κ2) is 8.34. The highest BCUT2D eigenvalue weighted by atomic mass is 19.1. The Hall–Kier alpha value is -3.08. The largest absolute Gasteiger partial charge is 0.497 e. The molecule has 3 aromatic rings. The third-order valence-electron chi connectivity index (χ3n) is 4.02. The predicted molar refractivity (Wildman–Crippen MR) is 97.3 cm³/mol. The van der Waals surface area contributed by atoms with Crippen LogP contribution in [0, 0.1) is 5.82 Å². The summed E-state index contributed by atoms with van der Waals surface area (Å²) in [4.78, 5) is 12.0. The van der Waals surface area contributed by atoms with E-state index < -0.39 is 0 Å². The van der Waals surface area contributed by atoms with Crippen molar-refractivity contribution in [3.63, 3.8) is 0 Å². The van der Waals surface area contributed by atoms with Crippen molar-refractivity contribution >= 4 is 5.91 Å². The molecule has 0 bridgehead atoms. The van der Waals surface area contributed by atoms with Gasteiger partial charge < -0.3 is 14.5 Å². The second-order valence-corrected chi connectivity index (χ2v) is 5.87. The van der Waals surface area contributed by atoms with E-state index in [2.05, 4.69) is 5.32 Å². The van der Waals surface area contributed by atoms with Crippen molar-refractivity contribution in [1.29, 1.82) is 0 Å². The molecular weight excluding hydrogens is 333 g/mol. The van der Waals surface area contributed by atoms with Gasteiger partial charge in [-0.15, -0.1) is 0 Å². The molecule has 0 fully saturated rings. The molecule has 0 saturated heterocycles. The molecule has 0 aliphatic heterocycles. The van der Waals surface area contributed by atoms with Crippen molar-refractivity contribution < 1.29 is 18.3 Å². The van der Waals surface area contributed by atoms with Crippen molar-refractivity contribution in [3.8, 4) is 17.1 Å². The SMILES string of the molecule is COc1cccc(CNC(=O)CCc2ccc(-c3ccccc3F)o2)c1. The number of methoxy groups -OCH3 is 1. The molecule has 1 amide bonds. The van der Waals surface area contributed by atoms with Crippen LogP contribution >= 0.6 is 0 Å². The minimum atomic E-state index is -0.329. The van der Waals surface area contributed by atoms with E-state index in [-0.39, 0.29) is 11.7 Å². The van der Waals surface area contributed by atoms with Crippen LogP contribution in [-0.2, 0) is 17.8 Å². The molecule has 4 nitrogen and oxygen atoms in total. The van der Waals surface area contributed by atoms with Crippen molar-refractivity contribution in [2.45, 2.75) is 19.4 Å². The summed E-state index contributed by atoms with van der Waals surface area (Å²) >= 11 is 0. The van der Waals surface area contributed by atoms with Crippen molar-refractivity contribution in [3.05, 3.63) is 77.8 Å². The molecule has 0 saturated carbocycles. The van der Waals surface area contributed by atoms with Gasteiger partial charge in [-0.05, 0) is 42.0 Å². The molecule has 0 radical (unpaired) electrons. The van der Waals surface area contributed by atoms with Crippen LogP contribution in [0.3, 0.4) is 0 Å². The van der Waals surface area contributed by atoms with E-state index in [9.17, 15) is 9.18 Å². The van der Waals surface area contributed by atoms with Gasteiger partial charge in [-0.3, -0.25) is 4.79 Å². The van der Waals surface area contributed by atoms with Crippen molar-refractivity contribution in [1.82, 2.24) is 5.32 Å². The summed E-state index contributed by atoms with van der Waals surface area (Å²) in [6, 6.07) is 17.5. The first-order valence-electron chi connectivity index (χ1n) is 8.39. The lowest BCUT2D eigenvalue weighted by molar-refractivity contribution is -0.121. The lowest BCUT2D eigenvalue weighted by Gasteiger charge is -2.06. The first-order valence-corrected chi connectivity index (χ1v) is 8.39. The fourth-order valence-electron chi connectivity index (χ4n) is 2.63. The lowest BCUT2D eigenvalue weighted by Crippen LogP contribution is -2.22. The van der Waals surface area contributed by atoms with Gasteiger partial charge in [0.25, 0.3) is 0 Å². The number of aryl methyl sites for hydroxylation is 1. The highest BCUT2D eigenvalue weighted by Gasteiger charge is 2.10. The topological polar surface area (TPSA) is 51.5 Å². The molecule has 0 unspecified atom stereocenters. The van der Waals surface area contributed by atoms with Gasteiger partial charge >= 0.3 is 0 Å². The van der Waals surface area contributed by atoms with Crippen LogP contribution in [0.1, 0.15) is 17.7 Å². The highest BCUT2D eigenvalue weighted by Crippen LogP contribution is 2.25. The molecule has 1 N–H and O–H groups in total. The molecule has 0 atom stereocenters. The zero-order valence-electron chi connectivity index (χ0n) is 14.5. The number of furan rings is 1. The fraction of sp³-hybridized carbons (Fsp3) is 0.190. The first kappa shape index (κ1) is 17.7. The van der Waals surface area contributed by atoms with E-state index in [4.69, 9.17) is 9.15 Å². The number of carbonyl (C=O) groups excluding carboxylic acids is 1. The van der Waals surface area contributed by atoms with Gasteiger partial charge in [-0.1, -0.05) is 24.3 Å². The third kappa shape index (κ3) is 4.51. The maximum Gasteiger partial charge on any atom is 0.220 e. The van der Waals surface area contributed by atoms with Gasteiger partial charge in [0.1, 0.15) is 23.1 Å². The fourth-order valence-corrected chi connectivity index (χ4v) is 2.63. The number of nitrogens with one attached hydrogen (secondary N) is 1. The lowest BCUT2D eigenvalue weighted by atomic mass is 10.1. The number of carbonyl (C=O) groups is 1. The summed E-state index contributed by atoms with van der Waals surface area (Å²) in [6.45, 7) is 0.439. The monoisotopic (exact) mass is 353 g/mol. The Bertz CT molecular complexity index is 888. The minimum Gasteiger partial charge on any atom is -0.497 e. The van der Waals surface area contributed by atoms with Gasteiger partial charge in [0.2, 0.25) is 5.91 Å². The second-order valence-electron chi connectivity index (χ2n) is 5.87. The Labute approximate surface area is 151 Å². The Morgan fingerprint density at radius 3 is 2.77 bits per heavy atom. The van der Waals surface area contributed by atoms with Crippen LogP contribution in [0.15, 0.2) is 65.1 Å². The van der Waals surface area contributed by atoms with E-state index in [1.807, 2.05) is 24.3 Å². The van der Waals surface area contributed by atoms with Gasteiger partial charge in [0.05, 0.1) is 12.7 Å². The molecule has 1 aromatic heterocycles. The summed E-state index contributed by atoms with van der Waals surface area (Å²) < 4.78 is 24.6. The number of amides is 1. The van der Waals surface area contributed by atoms with Crippen molar-refractivity contribution in [2.24, 2.45) is 0 Å². The smallest absolute Gasteiger partial charge is 0.220 e. The predicted octanol–water partition coefficient (Wildman–Crippen LogP) is 4.34. The van der Waals surface area contributed by atoms with Crippen LogP contribution in [0.5, 0.6) is 5.75 Å². The molecule has 3 rings (SSSR count). The number of hydrogen-bond donors (Lipinski definition) is 1. The van der Waals surface area contributed by atoms with Crippen molar-refractivity contribution in [2.75, 3.05) is 7.11 Å². The maximum atomic E-state index is 13.8. The Morgan fingerprint density at radius 1 is 1.12 bits per heavy atom. The Morgan fingerprint density at radius 2 is 1.96 bits per heavy atom. The third-order valence-corrected chi connectivity index (χ3v) is 4.02. The molecule has 0 aliphatic carbocycles. The van der Waals surface area contributed by atoms with E-state index in [1.165, 1.54) is 6.07 Å². The van der Waals surface area contributed by atoms with E-state index in [1.54, 1.807) is 37.4 Å². The van der Waals surface area contributed by atoms with Gasteiger partial charge in [0, 0.05) is 19.4 Å². The van der Waals surface area contributed by atoms with Crippen LogP contribution in [0.2, 0.25) is 0 Å². The summed E-state index contributed by atoms with van der Waals surface area (Å²) in [5, 5.41) is 2.87. The molecule has 2 aromatic carbocycles. The number of ether oxygens (including phenoxy) is 1. The molecule has 26 heavy (non-hydrogen) atoms. The average Bonchev–Trinajstić information content (AvgIpc) is 3.14. The Balaban J connectivity index is 1.51. The number of halogens is 1. The zero-order chi connectivity index (χ0) is 18.4. The minimum absolute atomic E-state index is 0.0725. The molecule has 0 aliphatic rings. The van der Waals surface area contributed by atoms with Crippen LogP contribution < -0.4 is 10.1 Å².